The maximum absolute atomic E-state index is 12.5. The summed E-state index contributed by atoms with van der Waals surface area (Å²) in [5.41, 5.74) is 0.556. The number of amides is 1. The number of hydrogen-bond acceptors (Lipinski definition) is 3. The highest BCUT2D eigenvalue weighted by molar-refractivity contribution is 8.12. The molecule has 0 aliphatic rings. The second kappa shape index (κ2) is 7.24. The van der Waals surface area contributed by atoms with E-state index in [2.05, 4.69) is 0 Å². The second-order valence-corrected chi connectivity index (χ2v) is 5.78. The average molecular weight is 342 g/mol. The molecule has 110 valence electrons. The van der Waals surface area contributed by atoms with E-state index in [-0.39, 0.29) is 26.6 Å². The van der Waals surface area contributed by atoms with Crippen LogP contribution >= 0.6 is 35.0 Å². The first-order chi connectivity index (χ1) is 9.25. The predicted molar refractivity (Wildman–Crippen MR) is 77.9 cm³/mol. The van der Waals surface area contributed by atoms with Gasteiger partial charge in [0.15, 0.2) is 5.12 Å². The summed E-state index contributed by atoms with van der Waals surface area (Å²) in [6.07, 6.45) is -3.15. The number of nitrogens with zero attached hydrogens (tertiary/aromatic N) is 1. The Balaban J connectivity index is 3.15. The molecule has 20 heavy (non-hydrogen) atoms. The number of hydrogen-bond donors (Lipinski definition) is 0. The van der Waals surface area contributed by atoms with Crippen LogP contribution in [0.3, 0.4) is 0 Å². The Hall–Kier alpha value is -0.850. The van der Waals surface area contributed by atoms with Crippen molar-refractivity contribution < 1.29 is 18.4 Å². The molecule has 1 aromatic carbocycles. The van der Waals surface area contributed by atoms with E-state index in [1.165, 1.54) is 20.0 Å². The van der Waals surface area contributed by atoms with Gasteiger partial charge in [-0.05, 0) is 11.6 Å². The van der Waals surface area contributed by atoms with Gasteiger partial charge in [-0.1, -0.05) is 41.0 Å². The van der Waals surface area contributed by atoms with E-state index >= 15 is 0 Å². The van der Waals surface area contributed by atoms with Crippen LogP contribution in [0.25, 0.3) is 0 Å². The summed E-state index contributed by atoms with van der Waals surface area (Å²) in [5, 5.41) is 0.0698. The summed E-state index contributed by atoms with van der Waals surface area (Å²) in [5.74, 6) is -1.13. The van der Waals surface area contributed by atoms with Gasteiger partial charge in [-0.3, -0.25) is 9.59 Å². The fourth-order valence-electron chi connectivity index (χ4n) is 1.44. The first-order valence-corrected chi connectivity index (χ1v) is 7.15. The van der Waals surface area contributed by atoms with Crippen molar-refractivity contribution in [3.05, 3.63) is 27.7 Å². The van der Waals surface area contributed by atoms with E-state index in [1.807, 2.05) is 0 Å². The van der Waals surface area contributed by atoms with Crippen molar-refractivity contribution >= 4 is 51.7 Å². The van der Waals surface area contributed by atoms with E-state index < -0.39 is 12.3 Å². The van der Waals surface area contributed by atoms with Gasteiger partial charge in [-0.25, -0.2) is 0 Å². The van der Waals surface area contributed by atoms with Gasteiger partial charge in [0.25, 0.3) is 5.91 Å². The Labute approximate surface area is 129 Å². The number of halogens is 4. The molecular weight excluding hydrogens is 331 g/mol. The van der Waals surface area contributed by atoms with Crippen LogP contribution in [0, 0.1) is 0 Å². The van der Waals surface area contributed by atoms with Crippen molar-refractivity contribution in [2.45, 2.75) is 19.1 Å². The van der Waals surface area contributed by atoms with Crippen LogP contribution in [0.2, 0.25) is 10.0 Å². The fraction of sp³-hybridized carbons (Fsp3) is 0.333. The van der Waals surface area contributed by atoms with Crippen molar-refractivity contribution in [2.24, 2.45) is 0 Å². The highest BCUT2D eigenvalue weighted by Crippen LogP contribution is 2.37. The molecule has 0 N–H and O–H groups in total. The topological polar surface area (TPSA) is 37.4 Å². The number of alkyl halides is 2. The van der Waals surface area contributed by atoms with Crippen LogP contribution < -0.4 is 4.90 Å². The molecular formula is C12H11Cl2F2NO2S. The Morgan fingerprint density at radius 2 is 1.95 bits per heavy atom. The molecule has 0 fully saturated rings. The maximum Gasteiger partial charge on any atom is 0.316 e. The van der Waals surface area contributed by atoms with Crippen LogP contribution in [0.1, 0.15) is 12.5 Å². The molecule has 0 spiro atoms. The lowest BCUT2D eigenvalue weighted by Crippen LogP contribution is -2.32. The number of carbonyl (C=O) groups is 2. The minimum absolute atomic E-state index is 0.0142. The third kappa shape index (κ3) is 4.07. The molecule has 0 unspecified atom stereocenters. The molecule has 0 saturated heterocycles. The summed E-state index contributed by atoms with van der Waals surface area (Å²) < 4.78 is 24.9. The zero-order chi connectivity index (χ0) is 15.4. The molecule has 0 radical (unpaired) electrons. The Kier molecular flexibility index (Phi) is 6.23. The van der Waals surface area contributed by atoms with Gasteiger partial charge in [-0.15, -0.1) is 0 Å². The first-order valence-electron chi connectivity index (χ1n) is 5.41. The predicted octanol–water partition coefficient (Wildman–Crippen LogP) is 4.00. The van der Waals surface area contributed by atoms with Crippen LogP contribution in [0.5, 0.6) is 0 Å². The Morgan fingerprint density at radius 3 is 2.45 bits per heavy atom. The van der Waals surface area contributed by atoms with Crippen LogP contribution in [0.15, 0.2) is 12.1 Å². The van der Waals surface area contributed by atoms with Crippen LogP contribution in [0.4, 0.5) is 14.5 Å². The third-order valence-corrected chi connectivity index (χ3v) is 4.02. The van der Waals surface area contributed by atoms with Gasteiger partial charge >= 0.3 is 6.43 Å². The van der Waals surface area contributed by atoms with Crippen molar-refractivity contribution in [1.82, 2.24) is 0 Å². The van der Waals surface area contributed by atoms with E-state index in [0.717, 1.165) is 16.7 Å². The van der Waals surface area contributed by atoms with E-state index in [1.54, 1.807) is 6.07 Å². The summed E-state index contributed by atoms with van der Waals surface area (Å²) in [7, 11) is 1.17. The average Bonchev–Trinajstić information content (AvgIpc) is 2.36. The van der Waals surface area contributed by atoms with E-state index in [9.17, 15) is 18.4 Å². The molecule has 0 aliphatic carbocycles. The lowest BCUT2D eigenvalue weighted by Gasteiger charge is -2.21. The first kappa shape index (κ1) is 17.2. The second-order valence-electron chi connectivity index (χ2n) is 3.85. The van der Waals surface area contributed by atoms with Gasteiger partial charge in [0, 0.05) is 19.7 Å². The van der Waals surface area contributed by atoms with Gasteiger partial charge in [0.2, 0.25) is 0 Å². The number of carbonyl (C=O) groups excluding carboxylic acids is 2. The molecule has 0 aromatic heterocycles. The third-order valence-electron chi connectivity index (χ3n) is 2.43. The van der Waals surface area contributed by atoms with Gasteiger partial charge < -0.3 is 4.90 Å². The van der Waals surface area contributed by atoms with Crippen molar-refractivity contribution in [3.63, 3.8) is 0 Å². The normalized spacial score (nSPS) is 10.8. The van der Waals surface area contributed by atoms with Crippen LogP contribution in [-0.4, -0.2) is 24.5 Å². The van der Waals surface area contributed by atoms with Crippen molar-refractivity contribution in [1.29, 1.82) is 0 Å². The summed E-state index contributed by atoms with van der Waals surface area (Å²) in [6, 6.07) is 3.04. The Bertz CT molecular complexity index is 540. The van der Waals surface area contributed by atoms with Crippen LogP contribution in [-0.2, 0) is 15.3 Å². The highest BCUT2D eigenvalue weighted by atomic mass is 35.5. The Morgan fingerprint density at radius 1 is 1.35 bits per heavy atom. The standard InChI is InChI=1S/C12H11Cl2F2NO2S/c1-6(18)20-5-7-3-4-8(13)10(9(7)14)17(2)12(19)11(15)16/h3-4,11H,5H2,1-2H3. The smallest absolute Gasteiger partial charge is 0.308 e. The van der Waals surface area contributed by atoms with E-state index in [0.29, 0.717) is 5.56 Å². The molecule has 1 amide bonds. The molecule has 0 heterocycles. The lowest BCUT2D eigenvalue weighted by molar-refractivity contribution is -0.128. The quantitative estimate of drug-likeness (QED) is 0.830. The fourth-order valence-corrected chi connectivity index (χ4v) is 2.81. The molecule has 0 atom stereocenters. The van der Waals surface area contributed by atoms with Gasteiger partial charge in [0.05, 0.1) is 15.7 Å². The number of rotatable bonds is 4. The zero-order valence-electron chi connectivity index (χ0n) is 10.6. The molecule has 0 bridgehead atoms. The SMILES string of the molecule is CC(=O)SCc1ccc(Cl)c(N(C)C(=O)C(F)F)c1Cl. The number of benzene rings is 1. The molecule has 0 aliphatic heterocycles. The molecule has 1 aromatic rings. The monoisotopic (exact) mass is 341 g/mol. The molecule has 3 nitrogen and oxygen atoms in total. The molecule has 0 saturated carbocycles. The zero-order valence-corrected chi connectivity index (χ0v) is 13.0. The largest absolute Gasteiger partial charge is 0.316 e. The summed E-state index contributed by atoms with van der Waals surface area (Å²) in [4.78, 5) is 23.0. The summed E-state index contributed by atoms with van der Waals surface area (Å²) >= 11 is 13.0. The number of anilines is 1. The minimum Gasteiger partial charge on any atom is -0.308 e. The molecule has 1 rings (SSSR count). The summed E-state index contributed by atoms with van der Waals surface area (Å²) in [6.45, 7) is 1.40. The van der Waals surface area contributed by atoms with Gasteiger partial charge in [0.1, 0.15) is 0 Å². The lowest BCUT2D eigenvalue weighted by atomic mass is 10.2. The van der Waals surface area contributed by atoms with Gasteiger partial charge in [-0.2, -0.15) is 8.78 Å². The minimum atomic E-state index is -3.15. The number of thioether (sulfide) groups is 1. The molecule has 8 heteroatoms. The van der Waals surface area contributed by atoms with Crippen molar-refractivity contribution in [2.75, 3.05) is 11.9 Å². The van der Waals surface area contributed by atoms with E-state index in [4.69, 9.17) is 23.2 Å². The highest BCUT2D eigenvalue weighted by Gasteiger charge is 2.25. The maximum atomic E-state index is 12.5. The van der Waals surface area contributed by atoms with Crippen molar-refractivity contribution in [3.8, 4) is 0 Å².